The number of benzene rings is 1. The van der Waals surface area contributed by atoms with E-state index in [1.54, 1.807) is 0 Å². The predicted octanol–water partition coefficient (Wildman–Crippen LogP) is -2.59. The Morgan fingerprint density at radius 1 is 1.29 bits per heavy atom. The van der Waals surface area contributed by atoms with E-state index in [9.17, 15) is 24.9 Å². The number of anilines is 1. The number of aliphatic hydroxyl groups excluding tert-OH is 1. The van der Waals surface area contributed by atoms with Crippen molar-refractivity contribution in [3.05, 3.63) is 56.9 Å². The van der Waals surface area contributed by atoms with Gasteiger partial charge in [0.2, 0.25) is 0 Å². The number of carbonyl (C=O) groups excluding carboxylic acids is 1. The number of carbonyl (C=O) groups is 1. The van der Waals surface area contributed by atoms with Gasteiger partial charge < -0.3 is 30.4 Å². The van der Waals surface area contributed by atoms with E-state index in [1.807, 2.05) is 31.2 Å². The summed E-state index contributed by atoms with van der Waals surface area (Å²) in [5.74, 6) is -1.78. The third-order valence-electron chi connectivity index (χ3n) is 6.03. The van der Waals surface area contributed by atoms with Crippen molar-refractivity contribution >= 4 is 22.6 Å². The van der Waals surface area contributed by atoms with Gasteiger partial charge >= 0.3 is 29.6 Å². The molecule has 8 nitrogen and oxygen atoms in total. The van der Waals surface area contributed by atoms with E-state index in [4.69, 9.17) is 10.7 Å². The second-order valence-electron chi connectivity index (χ2n) is 7.45. The summed E-state index contributed by atoms with van der Waals surface area (Å²) in [6.45, 7) is 2.89. The molecule has 2 aromatic heterocycles. The van der Waals surface area contributed by atoms with Gasteiger partial charge in [-0.15, -0.1) is 0 Å². The van der Waals surface area contributed by atoms with Crippen molar-refractivity contribution in [1.29, 1.82) is 0 Å². The monoisotopic (exact) mass is 431 g/mol. The number of aryl methyl sites for hydroxylation is 1. The minimum Gasteiger partial charge on any atom is -0.547 e. The molecule has 4 rings (SSSR count). The number of carboxylic acid groups (broad SMARTS) is 1. The molecular weight excluding hydrogens is 409 g/mol. The summed E-state index contributed by atoms with van der Waals surface area (Å²) in [7, 11) is 0. The first-order valence-corrected chi connectivity index (χ1v) is 9.81. The molecule has 0 saturated carbocycles. The van der Waals surface area contributed by atoms with E-state index in [-0.39, 0.29) is 65.0 Å². The number of aromatic nitrogens is 2. The van der Waals surface area contributed by atoms with Crippen molar-refractivity contribution in [2.45, 2.75) is 45.4 Å². The number of fused-ring (bicyclic) bond motifs is 4. The summed E-state index contributed by atoms with van der Waals surface area (Å²) in [6, 6.07) is 7.60. The SMILES string of the molecule is CCc1c2c(nc3ccccc13)-c1c(N)c([C@@](O)(CC)C(=O)[O-])c(CO)c(=O)n1C2.[Na+]. The van der Waals surface area contributed by atoms with Crippen LogP contribution in [0.25, 0.3) is 22.3 Å². The van der Waals surface area contributed by atoms with Crippen LogP contribution < -0.4 is 46.0 Å². The minimum atomic E-state index is -2.51. The maximum absolute atomic E-state index is 13.2. The molecule has 156 valence electrons. The van der Waals surface area contributed by atoms with Gasteiger partial charge in [-0.2, -0.15) is 0 Å². The maximum atomic E-state index is 13.2. The van der Waals surface area contributed by atoms with E-state index in [0.717, 1.165) is 22.0 Å². The van der Waals surface area contributed by atoms with Crippen molar-refractivity contribution in [2.75, 3.05) is 5.73 Å². The molecule has 3 heterocycles. The van der Waals surface area contributed by atoms with Crippen molar-refractivity contribution in [3.8, 4) is 11.4 Å². The van der Waals surface area contributed by atoms with Crippen LogP contribution in [-0.2, 0) is 30.0 Å². The number of nitrogens with zero attached hydrogens (tertiary/aromatic N) is 2. The molecule has 1 aliphatic rings. The van der Waals surface area contributed by atoms with Crippen molar-refractivity contribution in [3.63, 3.8) is 0 Å². The molecule has 3 aromatic rings. The number of carboxylic acids is 1. The fraction of sp³-hybridized carbons (Fsp3) is 0.318. The van der Waals surface area contributed by atoms with Crippen molar-refractivity contribution in [2.24, 2.45) is 0 Å². The molecule has 1 aliphatic heterocycles. The number of aliphatic carboxylic acids is 1. The van der Waals surface area contributed by atoms with Crippen LogP contribution in [0.1, 0.15) is 42.5 Å². The van der Waals surface area contributed by atoms with Crippen LogP contribution in [0.4, 0.5) is 5.69 Å². The average molecular weight is 431 g/mol. The van der Waals surface area contributed by atoms with E-state index in [0.29, 0.717) is 12.1 Å². The van der Waals surface area contributed by atoms with Gasteiger partial charge in [-0.05, 0) is 24.5 Å². The Kier molecular flexibility index (Phi) is 6.32. The van der Waals surface area contributed by atoms with Gasteiger partial charge in [0.15, 0.2) is 0 Å². The number of para-hydroxylation sites is 1. The van der Waals surface area contributed by atoms with Crippen LogP contribution >= 0.6 is 0 Å². The van der Waals surface area contributed by atoms with Crippen LogP contribution in [-0.4, -0.2) is 25.7 Å². The fourth-order valence-electron chi connectivity index (χ4n) is 4.49. The van der Waals surface area contributed by atoms with Crippen LogP contribution in [0.3, 0.4) is 0 Å². The van der Waals surface area contributed by atoms with Gasteiger partial charge in [0.25, 0.3) is 5.56 Å². The second-order valence-corrected chi connectivity index (χ2v) is 7.45. The first kappa shape index (κ1) is 23.4. The van der Waals surface area contributed by atoms with E-state index >= 15 is 0 Å². The normalized spacial score (nSPS) is 13.9. The third kappa shape index (κ3) is 3.21. The van der Waals surface area contributed by atoms with E-state index in [1.165, 1.54) is 11.5 Å². The van der Waals surface area contributed by atoms with Crippen LogP contribution in [0.2, 0.25) is 0 Å². The number of nitrogens with two attached hydrogens (primary N) is 1. The van der Waals surface area contributed by atoms with Crippen molar-refractivity contribution in [1.82, 2.24) is 9.55 Å². The average Bonchev–Trinajstić information content (AvgIpc) is 3.13. The molecule has 0 saturated heterocycles. The Balaban J connectivity index is 0.00000272. The third-order valence-corrected chi connectivity index (χ3v) is 6.03. The molecule has 1 atom stereocenters. The van der Waals surface area contributed by atoms with Gasteiger partial charge in [-0.1, -0.05) is 32.0 Å². The molecule has 4 N–H and O–H groups in total. The molecule has 1 aromatic carbocycles. The second kappa shape index (κ2) is 8.37. The van der Waals surface area contributed by atoms with Gasteiger partial charge in [0, 0.05) is 16.5 Å². The number of hydrogen-bond donors (Lipinski definition) is 3. The fourth-order valence-corrected chi connectivity index (χ4v) is 4.49. The smallest absolute Gasteiger partial charge is 0.547 e. The quantitative estimate of drug-likeness (QED) is 0.295. The van der Waals surface area contributed by atoms with E-state index in [2.05, 4.69) is 0 Å². The first-order chi connectivity index (χ1) is 14.3. The molecule has 0 unspecified atom stereocenters. The molecule has 9 heteroatoms. The zero-order chi connectivity index (χ0) is 21.8. The summed E-state index contributed by atoms with van der Waals surface area (Å²) in [5.41, 5.74) is 5.93. The van der Waals surface area contributed by atoms with Crippen LogP contribution in [0.15, 0.2) is 29.1 Å². The Morgan fingerprint density at radius 3 is 2.55 bits per heavy atom. The predicted molar refractivity (Wildman–Crippen MR) is 109 cm³/mol. The molecule has 0 radical (unpaired) electrons. The molecule has 31 heavy (non-hydrogen) atoms. The Labute approximate surface area is 200 Å². The number of hydrogen-bond acceptors (Lipinski definition) is 7. The Hall–Kier alpha value is -2.23. The van der Waals surface area contributed by atoms with Gasteiger partial charge in [-0.3, -0.25) is 4.79 Å². The standard InChI is InChI=1S/C22H23N3O5.Na/c1-3-11-12-7-5-6-8-15(12)24-18-13(11)9-25-19(18)17(23)16(14(10-26)20(25)27)22(30,4-2)21(28)29;/h5-8,26,30H,3-4,9-10,23H2,1-2H3,(H,28,29);/q;+1/p-1/t22-;/m0./s1. The van der Waals surface area contributed by atoms with Gasteiger partial charge in [0.1, 0.15) is 5.60 Å². The summed E-state index contributed by atoms with van der Waals surface area (Å²) >= 11 is 0. The summed E-state index contributed by atoms with van der Waals surface area (Å²) < 4.78 is 1.39. The van der Waals surface area contributed by atoms with Gasteiger partial charge in [0.05, 0.1) is 47.3 Å². The molecular formula is C22H22N3NaO5. The number of pyridine rings is 2. The van der Waals surface area contributed by atoms with Crippen molar-refractivity contribution < 1.29 is 49.7 Å². The zero-order valence-corrected chi connectivity index (χ0v) is 19.7. The number of rotatable bonds is 5. The Bertz CT molecular complexity index is 1270. The summed E-state index contributed by atoms with van der Waals surface area (Å²) in [6.07, 6.45) is 0.416. The maximum Gasteiger partial charge on any atom is 1.00 e. The molecule has 0 spiro atoms. The first-order valence-electron chi connectivity index (χ1n) is 9.81. The molecule has 0 bridgehead atoms. The van der Waals surface area contributed by atoms with Gasteiger partial charge in [-0.25, -0.2) is 4.98 Å². The number of aliphatic hydroxyl groups is 2. The largest absolute Gasteiger partial charge is 1.00 e. The Morgan fingerprint density at radius 2 is 1.97 bits per heavy atom. The zero-order valence-electron chi connectivity index (χ0n) is 17.7. The molecule has 0 fully saturated rings. The number of nitrogen functional groups attached to an aromatic ring is 1. The van der Waals surface area contributed by atoms with E-state index < -0.39 is 23.7 Å². The van der Waals surface area contributed by atoms with Crippen LogP contribution in [0.5, 0.6) is 0 Å². The minimum absolute atomic E-state index is 0. The molecule has 0 amide bonds. The summed E-state index contributed by atoms with van der Waals surface area (Å²) in [4.78, 5) is 29.7. The summed E-state index contributed by atoms with van der Waals surface area (Å²) in [5, 5.41) is 33.4. The van der Waals surface area contributed by atoms with Crippen LogP contribution in [0, 0.1) is 0 Å². The molecule has 0 aliphatic carbocycles. The topological polar surface area (TPSA) is 142 Å².